The summed E-state index contributed by atoms with van der Waals surface area (Å²) in [6.07, 6.45) is 1.41. The zero-order valence-corrected chi connectivity index (χ0v) is 10.1. The lowest BCUT2D eigenvalue weighted by atomic mass is 10.2. The molecule has 15 heavy (non-hydrogen) atoms. The number of nitrogens with zero attached hydrogens (tertiary/aromatic N) is 1. The first-order valence-electron chi connectivity index (χ1n) is 4.60. The molecule has 0 bridgehead atoms. The molecule has 0 radical (unpaired) electrons. The third-order valence-electron chi connectivity index (χ3n) is 1.73. The largest absolute Gasteiger partial charge is 0.352 e. The van der Waals surface area contributed by atoms with Crippen LogP contribution in [0.1, 0.15) is 24.2 Å². The highest BCUT2D eigenvalue weighted by molar-refractivity contribution is 6.41. The van der Waals surface area contributed by atoms with Crippen molar-refractivity contribution in [1.29, 1.82) is 0 Å². The van der Waals surface area contributed by atoms with Crippen molar-refractivity contribution in [2.45, 2.75) is 13.8 Å². The van der Waals surface area contributed by atoms with Crippen molar-refractivity contribution < 1.29 is 4.79 Å². The predicted molar refractivity (Wildman–Crippen MR) is 61.4 cm³/mol. The topological polar surface area (TPSA) is 42.0 Å². The van der Waals surface area contributed by atoms with Gasteiger partial charge in [0.2, 0.25) is 0 Å². The number of aromatic nitrogens is 1. The third kappa shape index (κ3) is 3.68. The average molecular weight is 247 g/mol. The summed E-state index contributed by atoms with van der Waals surface area (Å²) >= 11 is 11.4. The molecule has 0 atom stereocenters. The van der Waals surface area contributed by atoms with Crippen LogP contribution >= 0.6 is 23.2 Å². The van der Waals surface area contributed by atoms with E-state index in [1.54, 1.807) is 0 Å². The Morgan fingerprint density at radius 1 is 1.53 bits per heavy atom. The monoisotopic (exact) mass is 246 g/mol. The minimum absolute atomic E-state index is 0.185. The Hall–Kier alpha value is -0.800. The Kier molecular flexibility index (Phi) is 4.36. The van der Waals surface area contributed by atoms with Crippen LogP contribution in [0.4, 0.5) is 0 Å². The van der Waals surface area contributed by atoms with E-state index in [4.69, 9.17) is 23.2 Å². The number of halogens is 2. The van der Waals surface area contributed by atoms with Crippen molar-refractivity contribution in [1.82, 2.24) is 10.3 Å². The minimum Gasteiger partial charge on any atom is -0.352 e. The van der Waals surface area contributed by atoms with Crippen LogP contribution in [0.25, 0.3) is 0 Å². The van der Waals surface area contributed by atoms with Gasteiger partial charge in [0, 0.05) is 12.7 Å². The number of carbonyl (C=O) groups is 1. The van der Waals surface area contributed by atoms with Crippen LogP contribution in [-0.2, 0) is 0 Å². The van der Waals surface area contributed by atoms with E-state index >= 15 is 0 Å². The normalized spacial score (nSPS) is 10.5. The average Bonchev–Trinajstić information content (AvgIpc) is 2.18. The highest BCUT2D eigenvalue weighted by atomic mass is 35.5. The van der Waals surface area contributed by atoms with Crippen LogP contribution in [0, 0.1) is 5.92 Å². The standard InChI is InChI=1S/C10H12Cl2N2O/c1-6(2)4-14-10(15)7-3-8(11)9(12)13-5-7/h3,5-6H,4H2,1-2H3,(H,14,15). The quantitative estimate of drug-likeness (QED) is 0.834. The summed E-state index contributed by atoms with van der Waals surface area (Å²) in [4.78, 5) is 15.4. The first-order chi connectivity index (χ1) is 7.00. The highest BCUT2D eigenvalue weighted by Crippen LogP contribution is 2.19. The van der Waals surface area contributed by atoms with E-state index in [0.29, 0.717) is 18.0 Å². The fourth-order valence-electron chi connectivity index (χ4n) is 0.944. The molecule has 0 aromatic carbocycles. The van der Waals surface area contributed by atoms with Gasteiger partial charge in [-0.3, -0.25) is 4.79 Å². The van der Waals surface area contributed by atoms with E-state index in [-0.39, 0.29) is 16.1 Å². The Morgan fingerprint density at radius 2 is 2.20 bits per heavy atom. The van der Waals surface area contributed by atoms with Crippen LogP contribution < -0.4 is 5.32 Å². The van der Waals surface area contributed by atoms with Gasteiger partial charge in [0.05, 0.1) is 10.6 Å². The van der Waals surface area contributed by atoms with Gasteiger partial charge < -0.3 is 5.32 Å². The number of carbonyl (C=O) groups excluding carboxylic acids is 1. The summed E-state index contributed by atoms with van der Waals surface area (Å²) in [6.45, 7) is 4.67. The van der Waals surface area contributed by atoms with E-state index in [0.717, 1.165) is 0 Å². The molecule has 1 rings (SSSR count). The molecule has 5 heteroatoms. The van der Waals surface area contributed by atoms with E-state index in [2.05, 4.69) is 10.3 Å². The lowest BCUT2D eigenvalue weighted by Gasteiger charge is -2.07. The van der Waals surface area contributed by atoms with Crippen molar-refractivity contribution in [2.24, 2.45) is 5.92 Å². The fourth-order valence-corrected chi connectivity index (χ4v) is 1.21. The second-order valence-corrected chi connectivity index (χ2v) is 4.37. The van der Waals surface area contributed by atoms with Gasteiger partial charge in [-0.05, 0) is 12.0 Å². The Balaban J connectivity index is 2.70. The molecule has 1 aromatic heterocycles. The molecule has 1 heterocycles. The maximum atomic E-state index is 11.6. The van der Waals surface area contributed by atoms with Crippen LogP contribution in [0.5, 0.6) is 0 Å². The van der Waals surface area contributed by atoms with Crippen LogP contribution in [0.15, 0.2) is 12.3 Å². The minimum atomic E-state index is -0.185. The Bertz CT molecular complexity index is 366. The van der Waals surface area contributed by atoms with Gasteiger partial charge in [-0.15, -0.1) is 0 Å². The van der Waals surface area contributed by atoms with Gasteiger partial charge in [0.15, 0.2) is 0 Å². The molecule has 3 nitrogen and oxygen atoms in total. The molecule has 1 aromatic rings. The maximum Gasteiger partial charge on any atom is 0.252 e. The molecule has 82 valence electrons. The van der Waals surface area contributed by atoms with E-state index in [9.17, 15) is 4.79 Å². The van der Waals surface area contributed by atoms with E-state index in [1.165, 1.54) is 12.3 Å². The van der Waals surface area contributed by atoms with Crippen molar-refractivity contribution in [3.8, 4) is 0 Å². The van der Waals surface area contributed by atoms with Crippen molar-refractivity contribution in [3.63, 3.8) is 0 Å². The maximum absolute atomic E-state index is 11.6. The van der Waals surface area contributed by atoms with E-state index < -0.39 is 0 Å². The van der Waals surface area contributed by atoms with Gasteiger partial charge in [0.25, 0.3) is 5.91 Å². The number of hydrogen-bond donors (Lipinski definition) is 1. The highest BCUT2D eigenvalue weighted by Gasteiger charge is 2.08. The second kappa shape index (κ2) is 5.33. The summed E-state index contributed by atoms with van der Waals surface area (Å²) < 4.78 is 0. The number of nitrogens with one attached hydrogen (secondary N) is 1. The molecule has 0 saturated carbocycles. The summed E-state index contributed by atoms with van der Waals surface area (Å²) in [5.41, 5.74) is 0.421. The third-order valence-corrected chi connectivity index (χ3v) is 2.42. The van der Waals surface area contributed by atoms with Crippen molar-refractivity contribution in [3.05, 3.63) is 28.0 Å². The van der Waals surface area contributed by atoms with Gasteiger partial charge in [0.1, 0.15) is 5.15 Å². The summed E-state index contributed by atoms with van der Waals surface area (Å²) in [6, 6.07) is 1.51. The molecule has 0 aliphatic carbocycles. The molecule has 0 aliphatic rings. The molecule has 0 spiro atoms. The molecule has 0 saturated heterocycles. The fraction of sp³-hybridized carbons (Fsp3) is 0.400. The summed E-state index contributed by atoms with van der Waals surface area (Å²) in [5, 5.41) is 3.26. The molecule has 0 unspecified atom stereocenters. The van der Waals surface area contributed by atoms with Crippen LogP contribution in [-0.4, -0.2) is 17.4 Å². The second-order valence-electron chi connectivity index (χ2n) is 3.60. The zero-order chi connectivity index (χ0) is 11.4. The van der Waals surface area contributed by atoms with E-state index in [1.807, 2.05) is 13.8 Å². The first kappa shape index (κ1) is 12.3. The smallest absolute Gasteiger partial charge is 0.252 e. The summed E-state index contributed by atoms with van der Waals surface area (Å²) in [5.74, 6) is 0.222. The molecule has 1 N–H and O–H groups in total. The van der Waals surface area contributed by atoms with Gasteiger partial charge in [-0.2, -0.15) is 0 Å². The number of hydrogen-bond acceptors (Lipinski definition) is 2. The number of rotatable bonds is 3. The predicted octanol–water partition coefficient (Wildman–Crippen LogP) is 2.77. The zero-order valence-electron chi connectivity index (χ0n) is 8.55. The Morgan fingerprint density at radius 3 is 2.73 bits per heavy atom. The lowest BCUT2D eigenvalue weighted by molar-refractivity contribution is 0.0948. The van der Waals surface area contributed by atoms with Gasteiger partial charge in [-0.1, -0.05) is 37.0 Å². The number of pyridine rings is 1. The Labute approximate surface area is 98.8 Å². The molecular weight excluding hydrogens is 235 g/mol. The molecule has 0 aliphatic heterocycles. The van der Waals surface area contributed by atoms with Crippen LogP contribution in [0.2, 0.25) is 10.2 Å². The van der Waals surface area contributed by atoms with Crippen LogP contribution in [0.3, 0.4) is 0 Å². The first-order valence-corrected chi connectivity index (χ1v) is 5.35. The molecule has 0 fully saturated rings. The SMILES string of the molecule is CC(C)CNC(=O)c1cnc(Cl)c(Cl)c1. The number of amides is 1. The van der Waals surface area contributed by atoms with Crippen molar-refractivity contribution in [2.75, 3.05) is 6.54 Å². The molecular formula is C10H12Cl2N2O. The van der Waals surface area contributed by atoms with Crippen molar-refractivity contribution >= 4 is 29.1 Å². The molecule has 1 amide bonds. The van der Waals surface area contributed by atoms with Gasteiger partial charge in [-0.25, -0.2) is 4.98 Å². The summed E-state index contributed by atoms with van der Waals surface area (Å²) in [7, 11) is 0. The van der Waals surface area contributed by atoms with Gasteiger partial charge >= 0.3 is 0 Å². The lowest BCUT2D eigenvalue weighted by Crippen LogP contribution is -2.27.